The Morgan fingerprint density at radius 1 is 1.33 bits per heavy atom. The molecule has 0 radical (unpaired) electrons. The molecule has 2 saturated heterocycles. The molecule has 0 saturated carbocycles. The van der Waals surface area contributed by atoms with Crippen LogP contribution in [0.4, 0.5) is 0 Å². The van der Waals surface area contributed by atoms with E-state index in [1.807, 2.05) is 0 Å². The second-order valence-electron chi connectivity index (χ2n) is 7.76. The van der Waals surface area contributed by atoms with E-state index in [1.54, 1.807) is 0 Å². The Balaban J connectivity index is 1.91. The molecule has 4 heteroatoms. The molecule has 0 aromatic heterocycles. The van der Waals surface area contributed by atoms with Crippen LogP contribution in [0, 0.1) is 11.3 Å². The van der Waals surface area contributed by atoms with Gasteiger partial charge in [-0.15, -0.1) is 0 Å². The van der Waals surface area contributed by atoms with E-state index in [1.165, 1.54) is 39.0 Å². The van der Waals surface area contributed by atoms with Crippen LogP contribution in [0.1, 0.15) is 33.6 Å². The number of likely N-dealkylation sites (N-methyl/N-ethyl adjacent to an activating group) is 1. The molecule has 2 atom stereocenters. The molecule has 0 spiro atoms. The van der Waals surface area contributed by atoms with E-state index in [-0.39, 0.29) is 0 Å². The van der Waals surface area contributed by atoms with Crippen molar-refractivity contribution in [3.63, 3.8) is 0 Å². The summed E-state index contributed by atoms with van der Waals surface area (Å²) in [7, 11) is 2.25. The Hall–Kier alpha value is -0.160. The highest BCUT2D eigenvalue weighted by molar-refractivity contribution is 4.90. The van der Waals surface area contributed by atoms with Crippen LogP contribution in [0.5, 0.6) is 0 Å². The predicted molar refractivity (Wildman–Crippen MR) is 88.7 cm³/mol. The minimum absolute atomic E-state index is 0.325. The van der Waals surface area contributed by atoms with Crippen LogP contribution in [0.3, 0.4) is 0 Å². The minimum Gasteiger partial charge on any atom is -0.381 e. The average Bonchev–Trinajstić information content (AvgIpc) is 2.79. The lowest BCUT2D eigenvalue weighted by Gasteiger charge is -2.37. The maximum absolute atomic E-state index is 5.77. The third kappa shape index (κ3) is 5.20. The van der Waals surface area contributed by atoms with Crippen LogP contribution >= 0.6 is 0 Å². The normalized spacial score (nSPS) is 32.7. The largest absolute Gasteiger partial charge is 0.381 e. The van der Waals surface area contributed by atoms with Crippen LogP contribution in [-0.4, -0.2) is 75.4 Å². The molecule has 21 heavy (non-hydrogen) atoms. The Bertz CT molecular complexity index is 302. The van der Waals surface area contributed by atoms with Gasteiger partial charge in [0.2, 0.25) is 0 Å². The Labute approximate surface area is 131 Å². The van der Waals surface area contributed by atoms with Crippen molar-refractivity contribution in [2.24, 2.45) is 11.3 Å². The monoisotopic (exact) mass is 297 g/mol. The van der Waals surface area contributed by atoms with Gasteiger partial charge in [0.25, 0.3) is 0 Å². The van der Waals surface area contributed by atoms with Gasteiger partial charge < -0.3 is 15.0 Å². The highest BCUT2D eigenvalue weighted by Gasteiger charge is 2.37. The highest BCUT2D eigenvalue weighted by Crippen LogP contribution is 2.30. The van der Waals surface area contributed by atoms with Gasteiger partial charge in [0.1, 0.15) is 0 Å². The first kappa shape index (κ1) is 17.2. The summed E-state index contributed by atoms with van der Waals surface area (Å²) in [4.78, 5) is 5.18. The van der Waals surface area contributed by atoms with E-state index in [9.17, 15) is 0 Å². The molecular weight excluding hydrogens is 262 g/mol. The average molecular weight is 297 g/mol. The standard InChI is InChI=1S/C17H35N3O/c1-15(2)10-18-12-17(6-9-21-14-17)13-20-8-5-7-19(4)11-16(20)3/h15-16,18H,5-14H2,1-4H3. The number of nitrogens with one attached hydrogen (secondary N) is 1. The summed E-state index contributed by atoms with van der Waals surface area (Å²) in [6, 6.07) is 0.653. The first-order valence-corrected chi connectivity index (χ1v) is 8.72. The quantitative estimate of drug-likeness (QED) is 0.807. The molecule has 0 aromatic carbocycles. The molecule has 4 nitrogen and oxygen atoms in total. The van der Waals surface area contributed by atoms with E-state index in [0.29, 0.717) is 11.5 Å². The molecule has 1 N–H and O–H groups in total. The van der Waals surface area contributed by atoms with Gasteiger partial charge in [-0.05, 0) is 52.4 Å². The van der Waals surface area contributed by atoms with Crippen molar-refractivity contribution < 1.29 is 4.74 Å². The van der Waals surface area contributed by atoms with Gasteiger partial charge in [0.05, 0.1) is 6.61 Å². The van der Waals surface area contributed by atoms with Crippen LogP contribution in [0.25, 0.3) is 0 Å². The second-order valence-corrected chi connectivity index (χ2v) is 7.76. The SMILES string of the molecule is CC(C)CNCC1(CN2CCCN(C)CC2C)CCOC1. The summed E-state index contributed by atoms with van der Waals surface area (Å²) in [5.74, 6) is 0.718. The Morgan fingerprint density at radius 2 is 2.14 bits per heavy atom. The van der Waals surface area contributed by atoms with Crippen LogP contribution in [0.2, 0.25) is 0 Å². The predicted octanol–water partition coefficient (Wildman–Crippen LogP) is 1.66. The first-order valence-electron chi connectivity index (χ1n) is 8.72. The molecule has 2 fully saturated rings. The maximum atomic E-state index is 5.77. The molecule has 2 rings (SSSR count). The molecule has 2 aliphatic heterocycles. The lowest BCUT2D eigenvalue weighted by Crippen LogP contribution is -2.49. The summed E-state index contributed by atoms with van der Waals surface area (Å²) < 4.78 is 5.77. The smallest absolute Gasteiger partial charge is 0.0547 e. The van der Waals surface area contributed by atoms with Crippen molar-refractivity contribution in [3.05, 3.63) is 0 Å². The van der Waals surface area contributed by atoms with Gasteiger partial charge in [0.15, 0.2) is 0 Å². The van der Waals surface area contributed by atoms with Crippen molar-refractivity contribution in [1.29, 1.82) is 0 Å². The van der Waals surface area contributed by atoms with E-state index >= 15 is 0 Å². The summed E-state index contributed by atoms with van der Waals surface area (Å²) in [5, 5.41) is 3.68. The fraction of sp³-hybridized carbons (Fsp3) is 1.00. The molecule has 0 aromatic rings. The molecular formula is C17H35N3O. The minimum atomic E-state index is 0.325. The van der Waals surface area contributed by atoms with Crippen molar-refractivity contribution >= 4 is 0 Å². The zero-order valence-corrected chi connectivity index (χ0v) is 14.5. The topological polar surface area (TPSA) is 27.7 Å². The van der Waals surface area contributed by atoms with Gasteiger partial charge in [-0.1, -0.05) is 13.8 Å². The van der Waals surface area contributed by atoms with Crippen molar-refractivity contribution in [3.8, 4) is 0 Å². The van der Waals surface area contributed by atoms with Crippen molar-refractivity contribution in [2.75, 3.05) is 59.5 Å². The number of rotatable bonds is 6. The van der Waals surface area contributed by atoms with Gasteiger partial charge in [-0.25, -0.2) is 0 Å². The first-order chi connectivity index (χ1) is 10.0. The van der Waals surface area contributed by atoms with Crippen LogP contribution in [0.15, 0.2) is 0 Å². The molecule has 2 aliphatic rings. The van der Waals surface area contributed by atoms with Gasteiger partial charge >= 0.3 is 0 Å². The lowest BCUT2D eigenvalue weighted by molar-refractivity contribution is 0.0892. The summed E-state index contributed by atoms with van der Waals surface area (Å²) in [5.41, 5.74) is 0.325. The number of ether oxygens (including phenoxy) is 1. The van der Waals surface area contributed by atoms with E-state index in [2.05, 4.69) is 42.9 Å². The number of nitrogens with zero attached hydrogens (tertiary/aromatic N) is 2. The molecule has 2 unspecified atom stereocenters. The molecule has 124 valence electrons. The molecule has 0 bridgehead atoms. The maximum Gasteiger partial charge on any atom is 0.0547 e. The second kappa shape index (κ2) is 7.91. The molecule has 0 aliphatic carbocycles. The van der Waals surface area contributed by atoms with E-state index < -0.39 is 0 Å². The van der Waals surface area contributed by atoms with Gasteiger partial charge in [-0.2, -0.15) is 0 Å². The highest BCUT2D eigenvalue weighted by atomic mass is 16.5. The third-order valence-electron chi connectivity index (χ3n) is 4.96. The Morgan fingerprint density at radius 3 is 2.81 bits per heavy atom. The number of hydrogen-bond acceptors (Lipinski definition) is 4. The van der Waals surface area contributed by atoms with E-state index in [0.717, 1.165) is 32.2 Å². The zero-order valence-electron chi connectivity index (χ0n) is 14.5. The fourth-order valence-electron chi connectivity index (χ4n) is 3.68. The fourth-order valence-corrected chi connectivity index (χ4v) is 3.68. The zero-order chi connectivity index (χ0) is 15.3. The Kier molecular flexibility index (Phi) is 6.48. The van der Waals surface area contributed by atoms with Crippen molar-refractivity contribution in [1.82, 2.24) is 15.1 Å². The number of hydrogen-bond donors (Lipinski definition) is 1. The van der Waals surface area contributed by atoms with E-state index in [4.69, 9.17) is 4.74 Å². The summed E-state index contributed by atoms with van der Waals surface area (Å²) >= 11 is 0. The van der Waals surface area contributed by atoms with Gasteiger partial charge in [0, 0.05) is 37.7 Å². The summed E-state index contributed by atoms with van der Waals surface area (Å²) in [6.45, 7) is 15.9. The molecule has 0 amide bonds. The van der Waals surface area contributed by atoms with Gasteiger partial charge in [-0.3, -0.25) is 4.90 Å². The third-order valence-corrected chi connectivity index (χ3v) is 4.96. The molecule has 2 heterocycles. The van der Waals surface area contributed by atoms with Crippen LogP contribution in [-0.2, 0) is 4.74 Å². The van der Waals surface area contributed by atoms with Crippen LogP contribution < -0.4 is 5.32 Å². The summed E-state index contributed by atoms with van der Waals surface area (Å²) in [6.07, 6.45) is 2.49. The van der Waals surface area contributed by atoms with Crippen molar-refractivity contribution in [2.45, 2.75) is 39.7 Å². The lowest BCUT2D eigenvalue weighted by atomic mass is 9.85.